The van der Waals surface area contributed by atoms with Crippen LogP contribution in [0.1, 0.15) is 38.5 Å². The Hall–Kier alpha value is -0.290. The fourth-order valence-corrected chi connectivity index (χ4v) is 2.94. The lowest BCUT2D eigenvalue weighted by Crippen LogP contribution is -2.51. The van der Waals surface area contributed by atoms with Crippen LogP contribution in [-0.4, -0.2) is 29.5 Å². The molecule has 1 unspecified atom stereocenters. The highest BCUT2D eigenvalue weighted by atomic mass is 19.4. The lowest BCUT2D eigenvalue weighted by molar-refractivity contribution is -0.194. The Labute approximate surface area is 93.2 Å². The topological polar surface area (TPSA) is 32.3 Å². The van der Waals surface area contributed by atoms with Crippen LogP contribution in [0, 0.1) is 5.92 Å². The number of aliphatic hydroxyl groups is 1. The van der Waals surface area contributed by atoms with E-state index in [1.54, 1.807) is 0 Å². The second-order valence-electron chi connectivity index (χ2n) is 5.07. The van der Waals surface area contributed by atoms with E-state index in [4.69, 9.17) is 0 Å². The molecule has 1 heterocycles. The summed E-state index contributed by atoms with van der Waals surface area (Å²) in [6.07, 6.45) is -1.52. The molecule has 0 aromatic carbocycles. The standard InChI is InChI=1S/C11H18F3NO/c12-11(13,14)8-3-5-10(16,6-4-8)9-2-1-7-15-9/h8-9,15-16H,1-7H2. The van der Waals surface area contributed by atoms with Crippen molar-refractivity contribution in [3.8, 4) is 0 Å². The number of nitrogens with one attached hydrogen (secondary N) is 1. The molecular formula is C11H18F3NO. The molecule has 0 radical (unpaired) electrons. The summed E-state index contributed by atoms with van der Waals surface area (Å²) < 4.78 is 37.4. The van der Waals surface area contributed by atoms with Gasteiger partial charge < -0.3 is 10.4 Å². The molecule has 2 fully saturated rings. The summed E-state index contributed by atoms with van der Waals surface area (Å²) in [6, 6.07) is 0.00156. The second-order valence-corrected chi connectivity index (χ2v) is 5.07. The molecule has 1 saturated heterocycles. The van der Waals surface area contributed by atoms with Gasteiger partial charge in [0.2, 0.25) is 0 Å². The Bertz CT molecular complexity index is 240. The van der Waals surface area contributed by atoms with E-state index < -0.39 is 17.7 Å². The van der Waals surface area contributed by atoms with E-state index in [9.17, 15) is 18.3 Å². The first-order valence-electron chi connectivity index (χ1n) is 5.94. The molecule has 0 aromatic rings. The number of hydrogen-bond acceptors (Lipinski definition) is 2. The predicted molar refractivity (Wildman–Crippen MR) is 54.0 cm³/mol. The van der Waals surface area contributed by atoms with Crippen LogP contribution in [-0.2, 0) is 0 Å². The van der Waals surface area contributed by atoms with Gasteiger partial charge in [0.15, 0.2) is 0 Å². The van der Waals surface area contributed by atoms with Crippen molar-refractivity contribution in [2.24, 2.45) is 5.92 Å². The second kappa shape index (κ2) is 4.18. The zero-order valence-corrected chi connectivity index (χ0v) is 9.19. The van der Waals surface area contributed by atoms with E-state index in [0.717, 1.165) is 19.4 Å². The highest BCUT2D eigenvalue weighted by Crippen LogP contribution is 2.43. The molecular weight excluding hydrogens is 219 g/mol. The molecule has 94 valence electrons. The fourth-order valence-electron chi connectivity index (χ4n) is 2.94. The van der Waals surface area contributed by atoms with Gasteiger partial charge in [-0.1, -0.05) is 0 Å². The Kier molecular flexibility index (Phi) is 3.18. The van der Waals surface area contributed by atoms with Crippen molar-refractivity contribution in [2.75, 3.05) is 6.54 Å². The van der Waals surface area contributed by atoms with Crippen molar-refractivity contribution in [1.29, 1.82) is 0 Å². The molecule has 0 spiro atoms. The Balaban J connectivity index is 1.93. The molecule has 0 amide bonds. The van der Waals surface area contributed by atoms with E-state index >= 15 is 0 Å². The maximum atomic E-state index is 12.5. The molecule has 1 aliphatic carbocycles. The molecule has 2 rings (SSSR count). The minimum Gasteiger partial charge on any atom is -0.388 e. The minimum absolute atomic E-state index is 0.00156. The lowest BCUT2D eigenvalue weighted by atomic mass is 9.74. The Morgan fingerprint density at radius 1 is 1.12 bits per heavy atom. The molecule has 2 aliphatic rings. The van der Waals surface area contributed by atoms with Crippen LogP contribution in [0.3, 0.4) is 0 Å². The molecule has 1 atom stereocenters. The summed E-state index contributed by atoms with van der Waals surface area (Å²) >= 11 is 0. The number of alkyl halides is 3. The SMILES string of the molecule is OC1(C2CCCN2)CCC(C(F)(F)F)CC1. The highest BCUT2D eigenvalue weighted by molar-refractivity contribution is 4.98. The van der Waals surface area contributed by atoms with Gasteiger partial charge in [0.05, 0.1) is 11.5 Å². The van der Waals surface area contributed by atoms with Gasteiger partial charge in [-0.25, -0.2) is 0 Å². The van der Waals surface area contributed by atoms with Gasteiger partial charge >= 0.3 is 6.18 Å². The number of hydrogen-bond donors (Lipinski definition) is 2. The summed E-state index contributed by atoms with van der Waals surface area (Å²) in [5.41, 5.74) is -0.905. The number of rotatable bonds is 1. The maximum absolute atomic E-state index is 12.5. The quantitative estimate of drug-likeness (QED) is 0.733. The van der Waals surface area contributed by atoms with Gasteiger partial charge in [-0.3, -0.25) is 0 Å². The molecule has 5 heteroatoms. The first kappa shape index (κ1) is 12.2. The zero-order valence-electron chi connectivity index (χ0n) is 9.19. The van der Waals surface area contributed by atoms with Gasteiger partial charge in [-0.15, -0.1) is 0 Å². The molecule has 2 nitrogen and oxygen atoms in total. The maximum Gasteiger partial charge on any atom is 0.391 e. The summed E-state index contributed by atoms with van der Waals surface area (Å²) in [6.45, 7) is 0.871. The van der Waals surface area contributed by atoms with Gasteiger partial charge in [0.25, 0.3) is 0 Å². The monoisotopic (exact) mass is 237 g/mol. The molecule has 16 heavy (non-hydrogen) atoms. The van der Waals surface area contributed by atoms with E-state index in [-0.39, 0.29) is 31.7 Å². The van der Waals surface area contributed by atoms with Crippen molar-refractivity contribution in [2.45, 2.75) is 56.3 Å². The summed E-state index contributed by atoms with van der Waals surface area (Å²) in [4.78, 5) is 0. The van der Waals surface area contributed by atoms with Crippen molar-refractivity contribution in [1.82, 2.24) is 5.32 Å². The number of halogens is 3. The van der Waals surface area contributed by atoms with Crippen LogP contribution in [0.2, 0.25) is 0 Å². The molecule has 0 bridgehead atoms. The highest BCUT2D eigenvalue weighted by Gasteiger charge is 2.48. The van der Waals surface area contributed by atoms with Crippen LogP contribution in [0.15, 0.2) is 0 Å². The minimum atomic E-state index is -4.09. The van der Waals surface area contributed by atoms with E-state index in [0.29, 0.717) is 0 Å². The van der Waals surface area contributed by atoms with Crippen molar-refractivity contribution >= 4 is 0 Å². The average molecular weight is 237 g/mol. The van der Waals surface area contributed by atoms with Gasteiger partial charge in [-0.05, 0) is 45.1 Å². The summed E-state index contributed by atoms with van der Waals surface area (Å²) in [7, 11) is 0. The van der Waals surface area contributed by atoms with E-state index in [2.05, 4.69) is 5.32 Å². The third-order valence-corrected chi connectivity index (χ3v) is 4.02. The summed E-state index contributed by atoms with van der Waals surface area (Å²) in [5, 5.41) is 13.5. The molecule has 0 aromatic heterocycles. The van der Waals surface area contributed by atoms with Gasteiger partial charge in [-0.2, -0.15) is 13.2 Å². The smallest absolute Gasteiger partial charge is 0.388 e. The van der Waals surface area contributed by atoms with Gasteiger partial charge in [0, 0.05) is 6.04 Å². The normalized spacial score (nSPS) is 41.2. The van der Waals surface area contributed by atoms with Crippen molar-refractivity contribution in [3.05, 3.63) is 0 Å². The first-order chi connectivity index (χ1) is 7.42. The van der Waals surface area contributed by atoms with E-state index in [1.165, 1.54) is 0 Å². The van der Waals surface area contributed by atoms with Crippen LogP contribution in [0.25, 0.3) is 0 Å². The third kappa shape index (κ3) is 2.35. The lowest BCUT2D eigenvalue weighted by Gasteiger charge is -2.40. The van der Waals surface area contributed by atoms with Crippen LogP contribution in [0.4, 0.5) is 13.2 Å². The largest absolute Gasteiger partial charge is 0.391 e. The Morgan fingerprint density at radius 3 is 2.19 bits per heavy atom. The molecule has 1 aliphatic heterocycles. The van der Waals surface area contributed by atoms with Crippen LogP contribution >= 0.6 is 0 Å². The zero-order chi connectivity index (χ0) is 11.8. The Morgan fingerprint density at radius 2 is 1.75 bits per heavy atom. The van der Waals surface area contributed by atoms with Crippen molar-refractivity contribution in [3.63, 3.8) is 0 Å². The third-order valence-electron chi connectivity index (χ3n) is 4.02. The first-order valence-corrected chi connectivity index (χ1v) is 5.94. The fraction of sp³-hybridized carbons (Fsp3) is 1.00. The van der Waals surface area contributed by atoms with Gasteiger partial charge in [0.1, 0.15) is 0 Å². The predicted octanol–water partition coefficient (Wildman–Crippen LogP) is 2.22. The van der Waals surface area contributed by atoms with Crippen molar-refractivity contribution < 1.29 is 18.3 Å². The summed E-state index contributed by atoms with van der Waals surface area (Å²) in [5.74, 6) is -1.21. The average Bonchev–Trinajstić information content (AvgIpc) is 2.70. The van der Waals surface area contributed by atoms with Crippen LogP contribution < -0.4 is 5.32 Å². The molecule has 1 saturated carbocycles. The molecule has 2 N–H and O–H groups in total. The van der Waals surface area contributed by atoms with E-state index in [1.807, 2.05) is 0 Å². The van der Waals surface area contributed by atoms with Crippen LogP contribution in [0.5, 0.6) is 0 Å².